The van der Waals surface area contributed by atoms with Crippen molar-refractivity contribution < 1.29 is 17.9 Å². The highest BCUT2D eigenvalue weighted by molar-refractivity contribution is 7.89. The molecule has 4 rings (SSSR count). The number of sulfonamides is 1. The number of benzene rings is 2. The van der Waals surface area contributed by atoms with Crippen molar-refractivity contribution in [2.24, 2.45) is 0 Å². The highest BCUT2D eigenvalue weighted by atomic mass is 32.2. The summed E-state index contributed by atoms with van der Waals surface area (Å²) in [6.07, 6.45) is -0.643. The van der Waals surface area contributed by atoms with E-state index in [2.05, 4.69) is 8.75 Å². The third-order valence-electron chi connectivity index (χ3n) is 4.82. The molecule has 1 amide bonds. The maximum absolute atomic E-state index is 13.1. The predicted octanol–water partition coefficient (Wildman–Crippen LogP) is 1.99. The molecule has 3 aromatic rings. The fourth-order valence-electron chi connectivity index (χ4n) is 3.29. The summed E-state index contributed by atoms with van der Waals surface area (Å²) in [6, 6.07) is 14.1. The largest absolute Gasteiger partial charge is 0.481 e. The number of piperazine rings is 1. The van der Waals surface area contributed by atoms with Gasteiger partial charge in [-0.05, 0) is 31.2 Å². The van der Waals surface area contributed by atoms with Gasteiger partial charge in [0.15, 0.2) is 6.10 Å². The minimum atomic E-state index is -3.71. The summed E-state index contributed by atoms with van der Waals surface area (Å²) < 4.78 is 41.5. The minimum Gasteiger partial charge on any atom is -0.481 e. The minimum absolute atomic E-state index is 0.156. The number of amides is 1. The zero-order valence-electron chi connectivity index (χ0n) is 15.8. The average Bonchev–Trinajstić information content (AvgIpc) is 3.23. The van der Waals surface area contributed by atoms with Gasteiger partial charge in [0.2, 0.25) is 10.0 Å². The molecule has 0 N–H and O–H groups in total. The fourth-order valence-corrected chi connectivity index (χ4v) is 5.46. The van der Waals surface area contributed by atoms with E-state index in [4.69, 9.17) is 4.74 Å². The summed E-state index contributed by atoms with van der Waals surface area (Å²) in [5.74, 6) is 0.469. The Balaban J connectivity index is 1.42. The van der Waals surface area contributed by atoms with Crippen LogP contribution >= 0.6 is 11.7 Å². The van der Waals surface area contributed by atoms with Crippen molar-refractivity contribution in [3.8, 4) is 5.75 Å². The lowest BCUT2D eigenvalue weighted by Crippen LogP contribution is -2.53. The Labute approximate surface area is 173 Å². The molecule has 2 heterocycles. The van der Waals surface area contributed by atoms with Gasteiger partial charge in [-0.2, -0.15) is 13.1 Å². The van der Waals surface area contributed by atoms with Crippen molar-refractivity contribution in [3.63, 3.8) is 0 Å². The van der Waals surface area contributed by atoms with Crippen LogP contribution in [0.2, 0.25) is 0 Å². The molecule has 1 saturated heterocycles. The third kappa shape index (κ3) is 3.96. The van der Waals surface area contributed by atoms with Crippen LogP contribution < -0.4 is 4.74 Å². The number of fused-ring (bicyclic) bond motifs is 1. The number of para-hydroxylation sites is 1. The summed E-state index contributed by atoms with van der Waals surface area (Å²) in [4.78, 5) is 14.5. The van der Waals surface area contributed by atoms with Crippen LogP contribution in [0, 0.1) is 0 Å². The van der Waals surface area contributed by atoms with Crippen LogP contribution in [0.4, 0.5) is 0 Å². The lowest BCUT2D eigenvalue weighted by Gasteiger charge is -2.35. The molecular weight excluding hydrogens is 412 g/mol. The van der Waals surface area contributed by atoms with Gasteiger partial charge in [0, 0.05) is 26.2 Å². The molecule has 0 aliphatic carbocycles. The summed E-state index contributed by atoms with van der Waals surface area (Å²) in [5.41, 5.74) is 0.956. The number of aromatic nitrogens is 2. The second kappa shape index (κ2) is 8.05. The molecule has 1 aliphatic heterocycles. The van der Waals surface area contributed by atoms with E-state index in [1.165, 1.54) is 4.31 Å². The van der Waals surface area contributed by atoms with Gasteiger partial charge in [-0.25, -0.2) is 8.42 Å². The molecule has 0 bridgehead atoms. The molecule has 1 atom stereocenters. The van der Waals surface area contributed by atoms with Crippen LogP contribution in [0.5, 0.6) is 5.75 Å². The standard InChI is InChI=1S/C19H20N4O4S2/c1-14(27-15-6-3-2-4-7-15)19(24)22-10-12-23(13-11-22)29(25,26)17-9-5-8-16-18(17)21-28-20-16/h2-9,14H,10-13H2,1H3. The Kier molecular flexibility index (Phi) is 5.48. The molecule has 8 nitrogen and oxygen atoms in total. The fraction of sp³-hybridized carbons (Fsp3) is 0.316. The van der Waals surface area contributed by atoms with Crippen LogP contribution in [0.3, 0.4) is 0 Å². The molecule has 1 unspecified atom stereocenters. The highest BCUT2D eigenvalue weighted by Gasteiger charge is 2.33. The van der Waals surface area contributed by atoms with Crippen LogP contribution in [-0.4, -0.2) is 64.6 Å². The SMILES string of the molecule is CC(Oc1ccccc1)C(=O)N1CCN(S(=O)(=O)c2cccc3nsnc23)CC1. The van der Waals surface area contributed by atoms with E-state index in [9.17, 15) is 13.2 Å². The molecule has 0 spiro atoms. The van der Waals surface area contributed by atoms with E-state index in [1.54, 1.807) is 42.2 Å². The summed E-state index contributed by atoms with van der Waals surface area (Å²) in [5, 5.41) is 0. The number of hydrogen-bond donors (Lipinski definition) is 0. The number of rotatable bonds is 5. The van der Waals surface area contributed by atoms with Gasteiger partial charge in [-0.1, -0.05) is 24.3 Å². The first-order valence-corrected chi connectivity index (χ1v) is 11.4. The topological polar surface area (TPSA) is 92.7 Å². The maximum Gasteiger partial charge on any atom is 0.263 e. The second-order valence-corrected chi connectivity index (χ2v) is 9.13. The predicted molar refractivity (Wildman–Crippen MR) is 109 cm³/mol. The lowest BCUT2D eigenvalue weighted by atomic mass is 10.3. The first-order chi connectivity index (χ1) is 14.0. The normalized spacial score (nSPS) is 16.7. The van der Waals surface area contributed by atoms with Gasteiger partial charge in [0.05, 0.1) is 11.7 Å². The van der Waals surface area contributed by atoms with E-state index in [0.717, 1.165) is 11.7 Å². The molecule has 0 radical (unpaired) electrons. The zero-order chi connectivity index (χ0) is 20.4. The number of ether oxygens (including phenoxy) is 1. The zero-order valence-corrected chi connectivity index (χ0v) is 17.4. The van der Waals surface area contributed by atoms with Crippen molar-refractivity contribution in [3.05, 3.63) is 48.5 Å². The van der Waals surface area contributed by atoms with Crippen LogP contribution in [-0.2, 0) is 14.8 Å². The summed E-state index contributed by atoms with van der Waals surface area (Å²) in [6.45, 7) is 2.77. The Morgan fingerprint density at radius 1 is 1.03 bits per heavy atom. The lowest BCUT2D eigenvalue weighted by molar-refractivity contribution is -0.139. The molecule has 1 fully saturated rings. The van der Waals surface area contributed by atoms with Crippen molar-refractivity contribution in [1.29, 1.82) is 0 Å². The number of carbonyl (C=O) groups is 1. The average molecular weight is 433 g/mol. The number of hydrogen-bond acceptors (Lipinski definition) is 7. The Morgan fingerprint density at radius 2 is 1.76 bits per heavy atom. The smallest absolute Gasteiger partial charge is 0.263 e. The van der Waals surface area contributed by atoms with Crippen LogP contribution in [0.1, 0.15) is 6.92 Å². The molecule has 1 aliphatic rings. The first kappa shape index (κ1) is 19.7. The van der Waals surface area contributed by atoms with E-state index in [1.807, 2.05) is 18.2 Å². The first-order valence-electron chi connectivity index (χ1n) is 9.19. The third-order valence-corrected chi connectivity index (χ3v) is 7.29. The van der Waals surface area contributed by atoms with E-state index >= 15 is 0 Å². The van der Waals surface area contributed by atoms with Crippen molar-refractivity contribution in [1.82, 2.24) is 18.0 Å². The van der Waals surface area contributed by atoms with Crippen molar-refractivity contribution in [2.75, 3.05) is 26.2 Å². The van der Waals surface area contributed by atoms with E-state index < -0.39 is 16.1 Å². The molecule has 29 heavy (non-hydrogen) atoms. The summed E-state index contributed by atoms with van der Waals surface area (Å²) >= 11 is 0.988. The molecular formula is C19H20N4O4S2. The Hall–Kier alpha value is -2.56. The number of nitrogens with zero attached hydrogens (tertiary/aromatic N) is 4. The summed E-state index contributed by atoms with van der Waals surface area (Å²) in [7, 11) is -3.71. The van der Waals surface area contributed by atoms with Gasteiger partial charge >= 0.3 is 0 Å². The highest BCUT2D eigenvalue weighted by Crippen LogP contribution is 2.25. The second-order valence-electron chi connectivity index (χ2n) is 6.69. The Morgan fingerprint density at radius 3 is 2.48 bits per heavy atom. The van der Waals surface area contributed by atoms with Gasteiger partial charge < -0.3 is 9.64 Å². The molecule has 2 aromatic carbocycles. The van der Waals surface area contributed by atoms with Gasteiger partial charge in [0.1, 0.15) is 21.7 Å². The van der Waals surface area contributed by atoms with Gasteiger partial charge in [0.25, 0.3) is 5.91 Å². The molecule has 152 valence electrons. The number of carbonyl (C=O) groups excluding carboxylic acids is 1. The van der Waals surface area contributed by atoms with Gasteiger partial charge in [-0.15, -0.1) is 0 Å². The van der Waals surface area contributed by atoms with Crippen LogP contribution in [0.25, 0.3) is 11.0 Å². The van der Waals surface area contributed by atoms with Crippen molar-refractivity contribution >= 4 is 38.7 Å². The van der Waals surface area contributed by atoms with E-state index in [-0.39, 0.29) is 23.9 Å². The van der Waals surface area contributed by atoms with E-state index in [0.29, 0.717) is 29.9 Å². The quantitative estimate of drug-likeness (QED) is 0.612. The molecule has 10 heteroatoms. The molecule has 1 aromatic heterocycles. The Bertz CT molecular complexity index is 1110. The monoisotopic (exact) mass is 432 g/mol. The van der Waals surface area contributed by atoms with Gasteiger partial charge in [-0.3, -0.25) is 4.79 Å². The van der Waals surface area contributed by atoms with Crippen LogP contribution in [0.15, 0.2) is 53.4 Å². The maximum atomic E-state index is 13.1. The van der Waals surface area contributed by atoms with Crippen molar-refractivity contribution in [2.45, 2.75) is 17.9 Å². The molecule has 0 saturated carbocycles.